The van der Waals surface area contributed by atoms with Crippen LogP contribution >= 0.6 is 0 Å². The van der Waals surface area contributed by atoms with E-state index in [1.165, 1.54) is 17.0 Å². The van der Waals surface area contributed by atoms with Crippen LogP contribution in [0.4, 0.5) is 4.39 Å². The molecule has 0 aliphatic carbocycles. The number of benzene rings is 1. The topological polar surface area (TPSA) is 172 Å². The lowest BCUT2D eigenvalue weighted by Gasteiger charge is -2.43. The first-order chi connectivity index (χ1) is 21.4. The predicted molar refractivity (Wildman–Crippen MR) is 157 cm³/mol. The van der Waals surface area contributed by atoms with E-state index in [9.17, 15) is 37.4 Å². The number of aliphatic hydroxyl groups excluding tert-OH is 2. The Morgan fingerprint density at radius 3 is 2.44 bits per heavy atom. The van der Waals surface area contributed by atoms with Crippen LogP contribution in [0.2, 0.25) is 0 Å². The summed E-state index contributed by atoms with van der Waals surface area (Å²) >= 11 is 0. The first kappa shape index (κ1) is 32.2. The minimum absolute atomic E-state index is 0.0181. The highest BCUT2D eigenvalue weighted by atomic mass is 32.2. The Hall–Kier alpha value is -2.73. The summed E-state index contributed by atoms with van der Waals surface area (Å²) in [5, 5.41) is 26.9. The number of aliphatic hydroxyl groups is 2. The number of rotatable bonds is 3. The normalized spacial score (nSPS) is 35.0. The van der Waals surface area contributed by atoms with Crippen LogP contribution in [0, 0.1) is 5.82 Å². The van der Waals surface area contributed by atoms with Crippen molar-refractivity contribution >= 4 is 27.7 Å². The standard InChI is InChI=1S/C29H41FN6O8S/c1-33-7-5-19(6-8-33)35-15-18-12-21(35)29(41)34-9-10-36(45(42,43)20-4-2-3-17(30)11-20)22(16-34)28(40)31-14-24-27(39)26(38)23(44-24)13-25(37)32-18/h2-4,11,18-19,21-24,26-27,38-39H,5-10,12-16H2,1H3,(H,31,40)(H,32,37)/t18-,21-,22-,23-,24+,26-,27+/m0/s1. The quantitative estimate of drug-likeness (QED) is 0.278. The number of amides is 3. The molecule has 3 amide bonds. The maximum Gasteiger partial charge on any atom is 0.244 e. The molecule has 5 aliphatic heterocycles. The molecule has 5 fully saturated rings. The minimum atomic E-state index is -4.34. The van der Waals surface area contributed by atoms with E-state index in [-0.39, 0.29) is 61.4 Å². The zero-order chi connectivity index (χ0) is 32.0. The van der Waals surface area contributed by atoms with Crippen molar-refractivity contribution in [1.29, 1.82) is 0 Å². The lowest BCUT2D eigenvalue weighted by Crippen LogP contribution is -2.63. The Kier molecular flexibility index (Phi) is 9.17. The lowest BCUT2D eigenvalue weighted by molar-refractivity contribution is -0.141. The molecule has 7 atom stereocenters. The summed E-state index contributed by atoms with van der Waals surface area (Å²) in [6, 6.07) is 2.33. The average Bonchev–Trinajstić information content (AvgIpc) is 3.55. The number of nitrogens with one attached hydrogen (secondary N) is 2. The third-order valence-electron chi connectivity index (χ3n) is 9.82. The number of fused-ring (bicyclic) bond motifs is 6. The molecule has 1 aromatic carbocycles. The van der Waals surface area contributed by atoms with Crippen LogP contribution < -0.4 is 10.6 Å². The van der Waals surface area contributed by atoms with Crippen molar-refractivity contribution in [3.05, 3.63) is 30.1 Å². The molecule has 0 unspecified atom stereocenters. The van der Waals surface area contributed by atoms with Crippen molar-refractivity contribution in [3.63, 3.8) is 0 Å². The number of carbonyl (C=O) groups excluding carboxylic acids is 3. The number of nitrogens with zero attached hydrogens (tertiary/aromatic N) is 4. The average molecular weight is 653 g/mol. The number of ether oxygens (including phenoxy) is 1. The van der Waals surface area contributed by atoms with E-state index in [1.807, 2.05) is 7.05 Å². The molecule has 1 aromatic rings. The Morgan fingerprint density at radius 2 is 1.71 bits per heavy atom. The first-order valence-electron chi connectivity index (χ1n) is 15.5. The van der Waals surface area contributed by atoms with E-state index in [1.54, 1.807) is 0 Å². The van der Waals surface area contributed by atoms with E-state index in [4.69, 9.17) is 4.74 Å². The van der Waals surface area contributed by atoms with Gasteiger partial charge in [0.25, 0.3) is 0 Å². The number of piperazine rings is 1. The van der Waals surface area contributed by atoms with Gasteiger partial charge in [-0.2, -0.15) is 4.31 Å². The highest BCUT2D eigenvalue weighted by Gasteiger charge is 2.49. The maximum atomic E-state index is 14.2. The molecular weight excluding hydrogens is 611 g/mol. The molecule has 6 rings (SSSR count). The molecule has 0 aromatic heterocycles. The Balaban J connectivity index is 1.32. The highest BCUT2D eigenvalue weighted by molar-refractivity contribution is 7.89. The van der Waals surface area contributed by atoms with Crippen molar-refractivity contribution in [2.75, 3.05) is 52.9 Å². The second kappa shape index (κ2) is 12.8. The van der Waals surface area contributed by atoms with E-state index in [0.717, 1.165) is 42.4 Å². The van der Waals surface area contributed by atoms with Gasteiger partial charge in [-0.05, 0) is 57.6 Å². The van der Waals surface area contributed by atoms with Gasteiger partial charge in [0.1, 0.15) is 30.2 Å². The Bertz CT molecular complexity index is 1410. The largest absolute Gasteiger partial charge is 0.388 e. The van der Waals surface area contributed by atoms with Crippen LogP contribution in [0.25, 0.3) is 0 Å². The van der Waals surface area contributed by atoms with Gasteiger partial charge in [-0.25, -0.2) is 12.8 Å². The number of piperidine rings is 1. The van der Waals surface area contributed by atoms with Crippen LogP contribution in [0.5, 0.6) is 0 Å². The fourth-order valence-corrected chi connectivity index (χ4v) is 8.93. The van der Waals surface area contributed by atoms with Gasteiger partial charge in [-0.15, -0.1) is 0 Å². The second-order valence-corrected chi connectivity index (χ2v) is 14.7. The predicted octanol–water partition coefficient (Wildman–Crippen LogP) is -2.31. The van der Waals surface area contributed by atoms with Crippen molar-refractivity contribution in [3.8, 4) is 0 Å². The molecule has 0 radical (unpaired) electrons. The molecule has 16 heteroatoms. The maximum absolute atomic E-state index is 14.2. The molecule has 0 saturated carbocycles. The summed E-state index contributed by atoms with van der Waals surface area (Å²) in [4.78, 5) is 46.5. The van der Waals surface area contributed by atoms with Gasteiger partial charge < -0.3 is 35.4 Å². The van der Waals surface area contributed by atoms with Gasteiger partial charge in [-0.1, -0.05) is 6.07 Å². The monoisotopic (exact) mass is 652 g/mol. The van der Waals surface area contributed by atoms with E-state index >= 15 is 0 Å². The number of hydrogen-bond donors (Lipinski definition) is 4. The molecule has 248 valence electrons. The Labute approximate surface area is 261 Å². The van der Waals surface area contributed by atoms with Crippen LogP contribution in [-0.4, -0.2) is 157 Å². The van der Waals surface area contributed by atoms with E-state index in [0.29, 0.717) is 13.0 Å². The summed E-state index contributed by atoms with van der Waals surface area (Å²) < 4.78 is 48.2. The summed E-state index contributed by atoms with van der Waals surface area (Å²) in [6.45, 7) is 1.46. The van der Waals surface area contributed by atoms with Crippen molar-refractivity contribution < 1.29 is 42.1 Å². The molecule has 5 saturated heterocycles. The minimum Gasteiger partial charge on any atom is -0.388 e. The van der Waals surface area contributed by atoms with Gasteiger partial charge in [-0.3, -0.25) is 19.3 Å². The third kappa shape index (κ3) is 6.46. The number of sulfonamides is 1. The van der Waals surface area contributed by atoms with Crippen LogP contribution in [0.1, 0.15) is 25.7 Å². The zero-order valence-electron chi connectivity index (χ0n) is 25.1. The summed E-state index contributed by atoms with van der Waals surface area (Å²) in [5.74, 6) is -2.10. The van der Waals surface area contributed by atoms with Crippen molar-refractivity contribution in [2.45, 2.75) is 79.2 Å². The van der Waals surface area contributed by atoms with Crippen LogP contribution in [0.3, 0.4) is 0 Å². The van der Waals surface area contributed by atoms with Gasteiger partial charge >= 0.3 is 0 Å². The molecule has 45 heavy (non-hydrogen) atoms. The number of carbonyl (C=O) groups is 3. The lowest BCUT2D eigenvalue weighted by atomic mass is 10.0. The smallest absolute Gasteiger partial charge is 0.244 e. The van der Waals surface area contributed by atoms with Crippen LogP contribution in [0.15, 0.2) is 29.2 Å². The van der Waals surface area contributed by atoms with Gasteiger partial charge in [0.2, 0.25) is 27.7 Å². The molecule has 4 N–H and O–H groups in total. The second-order valence-electron chi connectivity index (χ2n) is 12.8. The fourth-order valence-electron chi connectivity index (χ4n) is 7.33. The van der Waals surface area contributed by atoms with E-state index in [2.05, 4.69) is 20.4 Å². The van der Waals surface area contributed by atoms with Gasteiger partial charge in [0.15, 0.2) is 0 Å². The number of likely N-dealkylation sites (tertiary alicyclic amines) is 2. The molecular formula is C29H41FN6O8S. The third-order valence-corrected chi connectivity index (χ3v) is 11.7. The van der Waals surface area contributed by atoms with E-state index < -0.39 is 58.2 Å². The summed E-state index contributed by atoms with van der Waals surface area (Å²) in [5.41, 5.74) is 0. The number of halogens is 1. The van der Waals surface area contributed by atoms with Gasteiger partial charge in [0, 0.05) is 44.8 Å². The molecule has 5 heterocycles. The molecule has 14 nitrogen and oxygen atoms in total. The molecule has 0 spiro atoms. The highest BCUT2D eigenvalue weighted by Crippen LogP contribution is 2.30. The molecule has 6 bridgehead atoms. The fraction of sp³-hybridized carbons (Fsp3) is 0.690. The van der Waals surface area contributed by atoms with Crippen molar-refractivity contribution in [1.82, 2.24) is 29.6 Å². The number of hydrogen-bond acceptors (Lipinski definition) is 10. The summed E-state index contributed by atoms with van der Waals surface area (Å²) in [6.07, 6.45) is -3.06. The SMILES string of the molecule is CN1CCC(N2C[C@@H]3C[C@H]2C(=O)N2CCN(S(=O)(=O)c4cccc(F)c4)[C@@H](C2)C(=O)NC[C@H]2O[C@@H](CC(=O)N3)[C@H](O)[C@@H]2O)CC1. The van der Waals surface area contributed by atoms with Gasteiger partial charge in [0.05, 0.1) is 23.5 Å². The Morgan fingerprint density at radius 1 is 0.978 bits per heavy atom. The van der Waals surface area contributed by atoms with Crippen molar-refractivity contribution in [2.24, 2.45) is 0 Å². The molecule has 5 aliphatic rings. The first-order valence-corrected chi connectivity index (χ1v) is 17.0. The zero-order valence-corrected chi connectivity index (χ0v) is 25.9. The van der Waals surface area contributed by atoms with Crippen LogP contribution in [-0.2, 0) is 29.1 Å². The summed E-state index contributed by atoms with van der Waals surface area (Å²) in [7, 11) is -2.30.